The second-order valence-electron chi connectivity index (χ2n) is 3.04. The Morgan fingerprint density at radius 3 is 2.31 bits per heavy atom. The lowest BCUT2D eigenvalue weighted by Gasteiger charge is -2.13. The summed E-state index contributed by atoms with van der Waals surface area (Å²) in [5, 5.41) is 27.5. The normalized spacial score (nSPS) is 39.7. The molecule has 1 aliphatic rings. The minimum absolute atomic E-state index is 0.241. The van der Waals surface area contributed by atoms with E-state index in [0.29, 0.717) is 6.61 Å². The fraction of sp³-hybridized carbons (Fsp3) is 1.00. The molecule has 0 aromatic rings. The number of aliphatic hydroxyl groups excluding tert-OH is 3. The van der Waals surface area contributed by atoms with E-state index in [4.69, 9.17) is 14.6 Å². The van der Waals surface area contributed by atoms with Crippen molar-refractivity contribution < 1.29 is 24.8 Å². The molecule has 1 aliphatic heterocycles. The summed E-state index contributed by atoms with van der Waals surface area (Å²) in [5.74, 6) is 0. The third-order valence-corrected chi connectivity index (χ3v) is 2.13. The standard InChI is InChI=1S/C8H16O5/c1-2-12-4-6-8(11)7(10)5(3-9)13-6/h5-11H,2-4H2,1H3/t5-,6+,7-,8-/m1/s1. The number of ether oxygens (including phenoxy) is 2. The molecule has 1 heterocycles. The molecule has 4 atom stereocenters. The minimum atomic E-state index is -1.02. The van der Waals surface area contributed by atoms with Crippen molar-refractivity contribution in [3.63, 3.8) is 0 Å². The highest BCUT2D eigenvalue weighted by molar-refractivity contribution is 4.90. The number of hydrogen-bond donors (Lipinski definition) is 3. The third-order valence-electron chi connectivity index (χ3n) is 2.13. The molecular formula is C8H16O5. The number of rotatable bonds is 4. The Balaban J connectivity index is 2.40. The monoisotopic (exact) mass is 192 g/mol. The molecule has 0 spiro atoms. The van der Waals surface area contributed by atoms with Gasteiger partial charge >= 0.3 is 0 Å². The lowest BCUT2D eigenvalue weighted by Crippen LogP contribution is -2.35. The quantitative estimate of drug-likeness (QED) is 0.505. The molecule has 5 nitrogen and oxygen atoms in total. The van der Waals surface area contributed by atoms with Crippen LogP contribution in [0, 0.1) is 0 Å². The minimum Gasteiger partial charge on any atom is -0.394 e. The average molecular weight is 192 g/mol. The van der Waals surface area contributed by atoms with Crippen molar-refractivity contribution in [1.29, 1.82) is 0 Å². The van der Waals surface area contributed by atoms with Gasteiger partial charge < -0.3 is 24.8 Å². The van der Waals surface area contributed by atoms with Crippen molar-refractivity contribution in [2.45, 2.75) is 31.3 Å². The molecule has 3 N–H and O–H groups in total. The zero-order valence-electron chi connectivity index (χ0n) is 7.59. The molecule has 1 rings (SSSR count). The first-order valence-electron chi connectivity index (χ1n) is 4.40. The number of aliphatic hydroxyl groups is 3. The third kappa shape index (κ3) is 2.38. The van der Waals surface area contributed by atoms with Crippen molar-refractivity contribution in [2.75, 3.05) is 19.8 Å². The van der Waals surface area contributed by atoms with Gasteiger partial charge in [-0.25, -0.2) is 0 Å². The molecule has 0 aliphatic carbocycles. The van der Waals surface area contributed by atoms with Gasteiger partial charge in [-0.2, -0.15) is 0 Å². The topological polar surface area (TPSA) is 79.2 Å². The Bertz CT molecular complexity index is 151. The first-order chi connectivity index (χ1) is 6.20. The predicted molar refractivity (Wildman–Crippen MR) is 44.3 cm³/mol. The van der Waals surface area contributed by atoms with Gasteiger partial charge in [0, 0.05) is 6.61 Å². The smallest absolute Gasteiger partial charge is 0.111 e. The van der Waals surface area contributed by atoms with Gasteiger partial charge in [0.1, 0.15) is 24.4 Å². The maximum Gasteiger partial charge on any atom is 0.111 e. The summed E-state index contributed by atoms with van der Waals surface area (Å²) in [7, 11) is 0. The van der Waals surface area contributed by atoms with Crippen LogP contribution in [0.15, 0.2) is 0 Å². The van der Waals surface area contributed by atoms with Crippen molar-refractivity contribution in [2.24, 2.45) is 0 Å². The molecular weight excluding hydrogens is 176 g/mol. The van der Waals surface area contributed by atoms with Gasteiger partial charge in [-0.1, -0.05) is 0 Å². The van der Waals surface area contributed by atoms with E-state index in [2.05, 4.69) is 0 Å². The number of hydrogen-bond acceptors (Lipinski definition) is 5. The van der Waals surface area contributed by atoms with Crippen LogP contribution in [0.25, 0.3) is 0 Å². The van der Waals surface area contributed by atoms with Crippen LogP contribution in [0.1, 0.15) is 6.92 Å². The van der Waals surface area contributed by atoms with Gasteiger partial charge in [0.25, 0.3) is 0 Å². The van der Waals surface area contributed by atoms with E-state index in [-0.39, 0.29) is 13.2 Å². The lowest BCUT2D eigenvalue weighted by molar-refractivity contribution is -0.0539. The summed E-state index contributed by atoms with van der Waals surface area (Å²) < 4.78 is 10.2. The van der Waals surface area contributed by atoms with E-state index in [1.807, 2.05) is 6.92 Å². The second kappa shape index (κ2) is 4.88. The van der Waals surface area contributed by atoms with Crippen molar-refractivity contribution >= 4 is 0 Å². The second-order valence-corrected chi connectivity index (χ2v) is 3.04. The Kier molecular flexibility index (Phi) is 4.08. The molecule has 0 bridgehead atoms. The van der Waals surface area contributed by atoms with E-state index in [9.17, 15) is 10.2 Å². The van der Waals surface area contributed by atoms with Gasteiger partial charge in [-0.05, 0) is 6.92 Å². The van der Waals surface area contributed by atoms with Gasteiger partial charge in [0.05, 0.1) is 13.2 Å². The molecule has 0 aromatic carbocycles. The Hall–Kier alpha value is -0.200. The van der Waals surface area contributed by atoms with E-state index >= 15 is 0 Å². The SMILES string of the molecule is CCOC[C@@H]1O[C@H](CO)[C@@H](O)[C@@H]1O. The van der Waals surface area contributed by atoms with Crippen LogP contribution in [-0.4, -0.2) is 59.6 Å². The van der Waals surface area contributed by atoms with Crippen LogP contribution in [0.3, 0.4) is 0 Å². The van der Waals surface area contributed by atoms with Crippen LogP contribution >= 0.6 is 0 Å². The summed E-state index contributed by atoms with van der Waals surface area (Å²) in [6.07, 6.45) is -3.22. The molecule has 0 radical (unpaired) electrons. The summed E-state index contributed by atoms with van der Waals surface area (Å²) in [5.41, 5.74) is 0. The summed E-state index contributed by atoms with van der Waals surface area (Å²) in [6.45, 7) is 2.32. The van der Waals surface area contributed by atoms with Gasteiger partial charge in [-0.15, -0.1) is 0 Å². The predicted octanol–water partition coefficient (Wildman–Crippen LogP) is -1.50. The van der Waals surface area contributed by atoms with Crippen LogP contribution < -0.4 is 0 Å². The van der Waals surface area contributed by atoms with Crippen LogP contribution in [0.2, 0.25) is 0 Å². The zero-order valence-corrected chi connectivity index (χ0v) is 7.59. The van der Waals surface area contributed by atoms with Gasteiger partial charge in [0.2, 0.25) is 0 Å². The largest absolute Gasteiger partial charge is 0.394 e. The molecule has 1 saturated heterocycles. The van der Waals surface area contributed by atoms with Crippen LogP contribution in [0.5, 0.6) is 0 Å². The molecule has 78 valence electrons. The van der Waals surface area contributed by atoms with E-state index in [1.54, 1.807) is 0 Å². The Morgan fingerprint density at radius 1 is 1.23 bits per heavy atom. The van der Waals surface area contributed by atoms with E-state index in [0.717, 1.165) is 0 Å². The van der Waals surface area contributed by atoms with Crippen molar-refractivity contribution in [3.8, 4) is 0 Å². The first-order valence-corrected chi connectivity index (χ1v) is 4.40. The first kappa shape index (κ1) is 10.9. The Labute approximate surface area is 76.9 Å². The van der Waals surface area contributed by atoms with Crippen molar-refractivity contribution in [3.05, 3.63) is 0 Å². The summed E-state index contributed by atoms with van der Waals surface area (Å²) >= 11 is 0. The zero-order chi connectivity index (χ0) is 9.84. The van der Waals surface area contributed by atoms with E-state index < -0.39 is 24.4 Å². The maximum atomic E-state index is 9.42. The highest BCUT2D eigenvalue weighted by Gasteiger charge is 2.42. The summed E-state index contributed by atoms with van der Waals surface area (Å²) in [4.78, 5) is 0. The molecule has 1 fully saturated rings. The van der Waals surface area contributed by atoms with Gasteiger partial charge in [-0.3, -0.25) is 0 Å². The Morgan fingerprint density at radius 2 is 1.85 bits per heavy atom. The molecule has 0 amide bonds. The van der Waals surface area contributed by atoms with Gasteiger partial charge in [0.15, 0.2) is 0 Å². The summed E-state index contributed by atoms with van der Waals surface area (Å²) in [6, 6.07) is 0. The maximum absolute atomic E-state index is 9.42. The molecule has 0 aromatic heterocycles. The van der Waals surface area contributed by atoms with E-state index in [1.165, 1.54) is 0 Å². The fourth-order valence-electron chi connectivity index (χ4n) is 1.35. The molecule has 0 unspecified atom stereocenters. The van der Waals surface area contributed by atoms with Crippen molar-refractivity contribution in [1.82, 2.24) is 0 Å². The highest BCUT2D eigenvalue weighted by Crippen LogP contribution is 2.21. The molecule has 0 saturated carbocycles. The molecule has 13 heavy (non-hydrogen) atoms. The van der Waals surface area contributed by atoms with Crippen LogP contribution in [-0.2, 0) is 9.47 Å². The highest BCUT2D eigenvalue weighted by atomic mass is 16.6. The average Bonchev–Trinajstić information content (AvgIpc) is 2.41. The molecule has 5 heteroatoms. The van der Waals surface area contributed by atoms with Crippen LogP contribution in [0.4, 0.5) is 0 Å². The lowest BCUT2D eigenvalue weighted by atomic mass is 10.1. The fourth-order valence-corrected chi connectivity index (χ4v) is 1.35.